The molecule has 2 atom stereocenters. The van der Waals surface area contributed by atoms with Gasteiger partial charge in [0.1, 0.15) is 5.75 Å². The second-order valence-electron chi connectivity index (χ2n) is 4.49. The second-order valence-corrected chi connectivity index (χ2v) is 5.41. The summed E-state index contributed by atoms with van der Waals surface area (Å²) in [6.45, 7) is 4.24. The molecule has 0 aliphatic rings. The predicted molar refractivity (Wildman–Crippen MR) is 74.5 cm³/mol. The van der Waals surface area contributed by atoms with Crippen LogP contribution in [0.2, 0.25) is 0 Å². The molecular weight excluding hydrogens is 280 g/mol. The molecule has 1 N–H and O–H groups in total. The van der Waals surface area contributed by atoms with Crippen LogP contribution >= 0.6 is 15.9 Å². The summed E-state index contributed by atoms with van der Waals surface area (Å²) >= 11 is 3.45. The number of halogens is 1. The van der Waals surface area contributed by atoms with Gasteiger partial charge in [-0.25, -0.2) is 0 Å². The van der Waals surface area contributed by atoms with E-state index in [1.54, 1.807) is 7.11 Å². The quantitative estimate of drug-likeness (QED) is 0.866. The third-order valence-corrected chi connectivity index (χ3v) is 3.57. The highest BCUT2D eigenvalue weighted by Crippen LogP contribution is 2.26. The number of methoxy groups -OCH3 is 1. The molecule has 96 valence electrons. The van der Waals surface area contributed by atoms with Gasteiger partial charge in [0.2, 0.25) is 0 Å². The maximum Gasteiger partial charge on any atom is 0.122 e. The molecule has 0 radical (unpaired) electrons. The first kappa shape index (κ1) is 14.5. The molecule has 1 rings (SSSR count). The van der Waals surface area contributed by atoms with Crippen molar-refractivity contribution in [2.24, 2.45) is 5.92 Å². The number of benzene rings is 1. The van der Waals surface area contributed by atoms with Gasteiger partial charge in [-0.1, -0.05) is 36.2 Å². The molecule has 2 unspecified atom stereocenters. The molecule has 1 aromatic carbocycles. The first-order chi connectivity index (χ1) is 8.08. The minimum Gasteiger partial charge on any atom is -0.496 e. The van der Waals surface area contributed by atoms with Gasteiger partial charge in [0, 0.05) is 10.9 Å². The zero-order valence-electron chi connectivity index (χ0n) is 10.7. The van der Waals surface area contributed by atoms with Crippen molar-refractivity contribution in [3.8, 4) is 5.75 Å². The lowest BCUT2D eigenvalue weighted by atomic mass is 9.94. The molecular formula is C14H21BrO2. The van der Waals surface area contributed by atoms with E-state index in [4.69, 9.17) is 4.74 Å². The molecule has 3 heteroatoms. The van der Waals surface area contributed by atoms with E-state index in [1.807, 2.05) is 18.2 Å². The summed E-state index contributed by atoms with van der Waals surface area (Å²) in [5.74, 6) is 1.17. The fourth-order valence-corrected chi connectivity index (χ4v) is 2.39. The molecule has 0 fully saturated rings. The molecule has 0 saturated heterocycles. The van der Waals surface area contributed by atoms with E-state index in [9.17, 15) is 5.11 Å². The molecule has 0 heterocycles. The minimum absolute atomic E-state index is 0.307. The number of aliphatic hydroxyl groups excluding tert-OH is 1. The van der Waals surface area contributed by atoms with Crippen LogP contribution in [0.25, 0.3) is 0 Å². The lowest BCUT2D eigenvalue weighted by Crippen LogP contribution is -2.20. The van der Waals surface area contributed by atoms with Crippen molar-refractivity contribution in [2.75, 3.05) is 7.11 Å². The highest BCUT2D eigenvalue weighted by Gasteiger charge is 2.16. The van der Waals surface area contributed by atoms with Crippen LogP contribution in [0, 0.1) is 5.92 Å². The molecule has 0 amide bonds. The maximum absolute atomic E-state index is 10.1. The second kappa shape index (κ2) is 7.02. The zero-order chi connectivity index (χ0) is 12.8. The smallest absolute Gasteiger partial charge is 0.122 e. The Kier molecular flexibility index (Phi) is 6.00. The summed E-state index contributed by atoms with van der Waals surface area (Å²) in [5, 5.41) is 10.1. The van der Waals surface area contributed by atoms with Crippen LogP contribution in [0.5, 0.6) is 5.75 Å². The van der Waals surface area contributed by atoms with Gasteiger partial charge >= 0.3 is 0 Å². The Morgan fingerprint density at radius 1 is 1.41 bits per heavy atom. The summed E-state index contributed by atoms with van der Waals surface area (Å²) in [7, 11) is 1.66. The van der Waals surface area contributed by atoms with E-state index in [-0.39, 0.29) is 6.10 Å². The van der Waals surface area contributed by atoms with Gasteiger partial charge in [0.25, 0.3) is 0 Å². The lowest BCUT2D eigenvalue weighted by molar-refractivity contribution is 0.111. The van der Waals surface area contributed by atoms with E-state index in [0.29, 0.717) is 12.3 Å². The van der Waals surface area contributed by atoms with Gasteiger partial charge in [-0.2, -0.15) is 0 Å². The van der Waals surface area contributed by atoms with Gasteiger partial charge in [-0.3, -0.25) is 0 Å². The Morgan fingerprint density at radius 3 is 2.71 bits per heavy atom. The third-order valence-electron chi connectivity index (χ3n) is 3.07. The van der Waals surface area contributed by atoms with Gasteiger partial charge in [0.05, 0.1) is 13.2 Å². The SMILES string of the molecule is CCCC(C)C(O)Cc1cc(Br)ccc1OC. The first-order valence-corrected chi connectivity index (χ1v) is 6.88. The fourth-order valence-electron chi connectivity index (χ4n) is 1.98. The van der Waals surface area contributed by atoms with Crippen molar-refractivity contribution < 1.29 is 9.84 Å². The van der Waals surface area contributed by atoms with E-state index in [1.165, 1.54) is 0 Å². The Morgan fingerprint density at radius 2 is 2.12 bits per heavy atom. The maximum atomic E-state index is 10.1. The molecule has 0 spiro atoms. The molecule has 2 nitrogen and oxygen atoms in total. The fraction of sp³-hybridized carbons (Fsp3) is 0.571. The van der Waals surface area contributed by atoms with Crippen molar-refractivity contribution in [2.45, 2.75) is 39.2 Å². The van der Waals surface area contributed by atoms with Crippen molar-refractivity contribution in [3.05, 3.63) is 28.2 Å². The van der Waals surface area contributed by atoms with Gasteiger partial charge in [0.15, 0.2) is 0 Å². The number of aliphatic hydroxyl groups is 1. The highest BCUT2D eigenvalue weighted by molar-refractivity contribution is 9.10. The molecule has 0 aromatic heterocycles. The number of hydrogen-bond donors (Lipinski definition) is 1. The summed E-state index contributed by atoms with van der Waals surface area (Å²) in [5.41, 5.74) is 1.05. The Hall–Kier alpha value is -0.540. The van der Waals surface area contributed by atoms with Crippen LogP contribution in [0.1, 0.15) is 32.3 Å². The molecule has 0 bridgehead atoms. The predicted octanol–water partition coefficient (Wildman–Crippen LogP) is 3.80. The Bertz CT molecular complexity index is 352. The topological polar surface area (TPSA) is 29.5 Å². The van der Waals surface area contributed by atoms with Crippen molar-refractivity contribution in [1.82, 2.24) is 0 Å². The Labute approximate surface area is 112 Å². The molecule has 0 aliphatic heterocycles. The molecule has 17 heavy (non-hydrogen) atoms. The summed E-state index contributed by atoms with van der Waals surface area (Å²) in [6.07, 6.45) is 2.49. The third kappa shape index (κ3) is 4.32. The molecule has 1 aromatic rings. The number of ether oxygens (including phenoxy) is 1. The normalized spacial score (nSPS) is 14.4. The van der Waals surface area contributed by atoms with Crippen LogP contribution in [-0.4, -0.2) is 18.3 Å². The summed E-state index contributed by atoms with van der Waals surface area (Å²) in [4.78, 5) is 0. The summed E-state index contributed by atoms with van der Waals surface area (Å²) in [6, 6.07) is 5.89. The average Bonchev–Trinajstić information content (AvgIpc) is 2.29. The minimum atomic E-state index is -0.307. The molecule has 0 saturated carbocycles. The Balaban J connectivity index is 2.76. The monoisotopic (exact) mass is 300 g/mol. The van der Waals surface area contributed by atoms with Gasteiger partial charge in [-0.15, -0.1) is 0 Å². The lowest BCUT2D eigenvalue weighted by Gasteiger charge is -2.19. The largest absolute Gasteiger partial charge is 0.496 e. The van der Waals surface area contributed by atoms with Crippen LogP contribution < -0.4 is 4.74 Å². The number of rotatable bonds is 6. The van der Waals surface area contributed by atoms with Gasteiger partial charge in [-0.05, 0) is 36.1 Å². The van der Waals surface area contributed by atoms with E-state index in [0.717, 1.165) is 28.6 Å². The zero-order valence-corrected chi connectivity index (χ0v) is 12.3. The molecule has 0 aliphatic carbocycles. The number of hydrogen-bond acceptors (Lipinski definition) is 2. The van der Waals surface area contributed by atoms with Crippen molar-refractivity contribution in [1.29, 1.82) is 0 Å². The van der Waals surface area contributed by atoms with Crippen LogP contribution in [-0.2, 0) is 6.42 Å². The van der Waals surface area contributed by atoms with Crippen LogP contribution in [0.4, 0.5) is 0 Å². The van der Waals surface area contributed by atoms with Crippen LogP contribution in [0.15, 0.2) is 22.7 Å². The van der Waals surface area contributed by atoms with Crippen molar-refractivity contribution >= 4 is 15.9 Å². The average molecular weight is 301 g/mol. The first-order valence-electron chi connectivity index (χ1n) is 6.09. The van der Waals surface area contributed by atoms with Crippen LogP contribution in [0.3, 0.4) is 0 Å². The van der Waals surface area contributed by atoms with E-state index >= 15 is 0 Å². The van der Waals surface area contributed by atoms with Gasteiger partial charge < -0.3 is 9.84 Å². The van der Waals surface area contributed by atoms with E-state index < -0.39 is 0 Å². The van der Waals surface area contributed by atoms with Crippen molar-refractivity contribution in [3.63, 3.8) is 0 Å². The highest BCUT2D eigenvalue weighted by atomic mass is 79.9. The standard InChI is InChI=1S/C14H21BrO2/c1-4-5-10(2)13(16)9-11-8-12(15)6-7-14(11)17-3/h6-8,10,13,16H,4-5,9H2,1-3H3. The van der Waals surface area contributed by atoms with E-state index in [2.05, 4.69) is 29.8 Å². The summed E-state index contributed by atoms with van der Waals surface area (Å²) < 4.78 is 6.33.